The van der Waals surface area contributed by atoms with Crippen molar-refractivity contribution in [1.29, 1.82) is 0 Å². The molecule has 4 nitrogen and oxygen atoms in total. The summed E-state index contributed by atoms with van der Waals surface area (Å²) in [4.78, 5) is 4.37. The average Bonchev–Trinajstić information content (AvgIpc) is 2.83. The highest BCUT2D eigenvalue weighted by Crippen LogP contribution is 2.29. The number of hydrogen-bond acceptors (Lipinski definition) is 5. The van der Waals surface area contributed by atoms with Crippen LogP contribution < -0.4 is 5.32 Å². The molecule has 0 aromatic carbocycles. The molecule has 0 aliphatic heterocycles. The molecule has 1 aromatic heterocycles. The van der Waals surface area contributed by atoms with E-state index < -0.39 is 0 Å². The van der Waals surface area contributed by atoms with E-state index in [0.29, 0.717) is 12.4 Å². The lowest BCUT2D eigenvalue weighted by Gasteiger charge is -2.19. The predicted molar refractivity (Wildman–Crippen MR) is 69.8 cm³/mol. The highest BCUT2D eigenvalue weighted by Gasteiger charge is 2.15. The third kappa shape index (κ3) is 4.32. The fraction of sp³-hybridized carbons (Fsp3) is 0.833. The van der Waals surface area contributed by atoms with E-state index in [1.165, 1.54) is 32.1 Å². The molecule has 0 bridgehead atoms. The lowest BCUT2D eigenvalue weighted by molar-refractivity contribution is 0.365. The number of nitrogens with zero attached hydrogens (tertiary/aromatic N) is 2. The Morgan fingerprint density at radius 2 is 2.18 bits per heavy atom. The standard InChI is InChI=1S/C12H21N3OS/c1-2-13-8-12-14-11(15-16-12)9-17-10-6-4-3-5-7-10/h10,13H,2-9H2,1H3. The Morgan fingerprint density at radius 3 is 2.94 bits per heavy atom. The van der Waals surface area contributed by atoms with Crippen LogP contribution >= 0.6 is 11.8 Å². The molecule has 0 saturated heterocycles. The van der Waals surface area contributed by atoms with Crippen LogP contribution in [0.5, 0.6) is 0 Å². The number of rotatable bonds is 6. The van der Waals surface area contributed by atoms with Crippen LogP contribution in [0.25, 0.3) is 0 Å². The van der Waals surface area contributed by atoms with Gasteiger partial charge in [0.15, 0.2) is 5.82 Å². The van der Waals surface area contributed by atoms with Gasteiger partial charge in [-0.3, -0.25) is 0 Å². The molecule has 1 N–H and O–H groups in total. The summed E-state index contributed by atoms with van der Waals surface area (Å²) in [6.07, 6.45) is 6.89. The Kier molecular flexibility index (Phi) is 5.32. The van der Waals surface area contributed by atoms with Crippen molar-refractivity contribution in [2.45, 2.75) is 56.6 Å². The normalized spacial score (nSPS) is 17.5. The van der Waals surface area contributed by atoms with Crippen LogP contribution in [0.3, 0.4) is 0 Å². The summed E-state index contributed by atoms with van der Waals surface area (Å²) >= 11 is 1.98. The summed E-state index contributed by atoms with van der Waals surface area (Å²) in [5.41, 5.74) is 0. The summed E-state index contributed by atoms with van der Waals surface area (Å²) in [5, 5.41) is 7.99. The van der Waals surface area contributed by atoms with Crippen molar-refractivity contribution >= 4 is 11.8 Å². The van der Waals surface area contributed by atoms with Crippen molar-refractivity contribution in [3.05, 3.63) is 11.7 Å². The van der Waals surface area contributed by atoms with Gasteiger partial charge in [0.25, 0.3) is 0 Å². The van der Waals surface area contributed by atoms with E-state index in [0.717, 1.165) is 23.4 Å². The summed E-state index contributed by atoms with van der Waals surface area (Å²) in [7, 11) is 0. The Hall–Kier alpha value is -0.550. The third-order valence-electron chi connectivity index (χ3n) is 3.04. The van der Waals surface area contributed by atoms with Gasteiger partial charge in [-0.25, -0.2) is 0 Å². The molecule has 1 saturated carbocycles. The summed E-state index contributed by atoms with van der Waals surface area (Å²) in [6.45, 7) is 3.67. The maximum absolute atomic E-state index is 5.17. The lowest BCUT2D eigenvalue weighted by atomic mass is 10.0. The Labute approximate surface area is 107 Å². The topological polar surface area (TPSA) is 51.0 Å². The molecular formula is C12H21N3OS. The average molecular weight is 255 g/mol. The number of hydrogen-bond donors (Lipinski definition) is 1. The van der Waals surface area contributed by atoms with Gasteiger partial charge in [-0.15, -0.1) is 0 Å². The lowest BCUT2D eigenvalue weighted by Crippen LogP contribution is -2.12. The molecule has 1 aliphatic rings. The molecule has 5 heteroatoms. The number of aromatic nitrogens is 2. The van der Waals surface area contributed by atoms with E-state index in [9.17, 15) is 0 Å². The Bertz CT molecular complexity index is 323. The summed E-state index contributed by atoms with van der Waals surface area (Å²) < 4.78 is 5.17. The molecule has 1 heterocycles. The van der Waals surface area contributed by atoms with Crippen LogP contribution in [-0.2, 0) is 12.3 Å². The van der Waals surface area contributed by atoms with E-state index >= 15 is 0 Å². The summed E-state index contributed by atoms with van der Waals surface area (Å²) in [5.74, 6) is 2.43. The first-order valence-corrected chi connectivity index (χ1v) is 7.57. The van der Waals surface area contributed by atoms with Crippen molar-refractivity contribution in [3.8, 4) is 0 Å². The van der Waals surface area contributed by atoms with Crippen molar-refractivity contribution in [3.63, 3.8) is 0 Å². The second-order valence-electron chi connectivity index (χ2n) is 4.46. The summed E-state index contributed by atoms with van der Waals surface area (Å²) in [6, 6.07) is 0. The maximum atomic E-state index is 5.17. The van der Waals surface area contributed by atoms with E-state index in [2.05, 4.69) is 22.4 Å². The van der Waals surface area contributed by atoms with Gasteiger partial charge in [-0.2, -0.15) is 16.7 Å². The van der Waals surface area contributed by atoms with Crippen LogP contribution in [-0.4, -0.2) is 21.9 Å². The fourth-order valence-corrected chi connectivity index (χ4v) is 3.25. The van der Waals surface area contributed by atoms with E-state index in [1.54, 1.807) is 0 Å². The number of nitrogens with one attached hydrogen (secondary N) is 1. The Morgan fingerprint density at radius 1 is 1.35 bits per heavy atom. The second kappa shape index (κ2) is 7.01. The predicted octanol–water partition coefficient (Wildman–Crippen LogP) is 2.75. The minimum atomic E-state index is 0.678. The first-order chi connectivity index (χ1) is 8.38. The molecule has 0 amide bonds. The van der Waals surface area contributed by atoms with E-state index in [1.807, 2.05) is 11.8 Å². The molecule has 2 rings (SSSR count). The highest BCUT2D eigenvalue weighted by atomic mass is 32.2. The largest absolute Gasteiger partial charge is 0.338 e. The molecule has 1 aliphatic carbocycles. The molecule has 0 unspecified atom stereocenters. The second-order valence-corrected chi connectivity index (χ2v) is 5.74. The molecule has 96 valence electrons. The smallest absolute Gasteiger partial charge is 0.240 e. The van der Waals surface area contributed by atoms with Crippen LogP contribution in [0.1, 0.15) is 50.7 Å². The first-order valence-electron chi connectivity index (χ1n) is 6.52. The van der Waals surface area contributed by atoms with Crippen LogP contribution in [0, 0.1) is 0 Å². The van der Waals surface area contributed by atoms with Gasteiger partial charge in [0.05, 0.1) is 12.3 Å². The van der Waals surface area contributed by atoms with Crippen molar-refractivity contribution in [2.75, 3.05) is 6.54 Å². The van der Waals surface area contributed by atoms with Crippen LogP contribution in [0.2, 0.25) is 0 Å². The zero-order chi connectivity index (χ0) is 11.9. The molecule has 0 atom stereocenters. The molecule has 0 radical (unpaired) electrons. The van der Waals surface area contributed by atoms with Gasteiger partial charge in [-0.05, 0) is 19.4 Å². The zero-order valence-electron chi connectivity index (χ0n) is 10.4. The van der Waals surface area contributed by atoms with Gasteiger partial charge < -0.3 is 9.84 Å². The van der Waals surface area contributed by atoms with Gasteiger partial charge in [0, 0.05) is 5.25 Å². The fourth-order valence-electron chi connectivity index (χ4n) is 2.08. The van der Waals surface area contributed by atoms with Crippen LogP contribution in [0.4, 0.5) is 0 Å². The van der Waals surface area contributed by atoms with Gasteiger partial charge in [-0.1, -0.05) is 31.3 Å². The van der Waals surface area contributed by atoms with Crippen molar-refractivity contribution in [1.82, 2.24) is 15.5 Å². The highest BCUT2D eigenvalue weighted by molar-refractivity contribution is 7.99. The van der Waals surface area contributed by atoms with Crippen molar-refractivity contribution < 1.29 is 4.52 Å². The van der Waals surface area contributed by atoms with Crippen LogP contribution in [0.15, 0.2) is 4.52 Å². The monoisotopic (exact) mass is 255 g/mol. The van der Waals surface area contributed by atoms with Gasteiger partial charge >= 0.3 is 0 Å². The minimum absolute atomic E-state index is 0.678. The molecule has 1 aromatic rings. The molecule has 0 spiro atoms. The minimum Gasteiger partial charge on any atom is -0.338 e. The van der Waals surface area contributed by atoms with Crippen molar-refractivity contribution in [2.24, 2.45) is 0 Å². The number of thioether (sulfide) groups is 1. The SMILES string of the molecule is CCNCc1nc(CSC2CCCCC2)no1. The molecular weight excluding hydrogens is 234 g/mol. The first kappa shape index (κ1) is 12.9. The quantitative estimate of drug-likeness (QED) is 0.847. The molecule has 17 heavy (non-hydrogen) atoms. The Balaban J connectivity index is 1.72. The zero-order valence-corrected chi connectivity index (χ0v) is 11.3. The van der Waals surface area contributed by atoms with Gasteiger partial charge in [0.2, 0.25) is 5.89 Å². The van der Waals surface area contributed by atoms with E-state index in [-0.39, 0.29) is 0 Å². The maximum Gasteiger partial charge on any atom is 0.240 e. The van der Waals surface area contributed by atoms with E-state index in [4.69, 9.17) is 4.52 Å². The third-order valence-corrected chi connectivity index (χ3v) is 4.40. The molecule has 1 fully saturated rings. The van der Waals surface area contributed by atoms with Gasteiger partial charge in [0.1, 0.15) is 0 Å².